The summed E-state index contributed by atoms with van der Waals surface area (Å²) in [6.45, 7) is 4.01. The Kier molecular flexibility index (Phi) is 4.42. The van der Waals surface area contributed by atoms with Crippen LogP contribution in [0.15, 0.2) is 54.6 Å². The molecule has 0 atom stereocenters. The molecule has 2 aromatic rings. The van der Waals surface area contributed by atoms with Crippen LogP contribution in [0.4, 0.5) is 5.69 Å². The third-order valence-corrected chi connectivity index (χ3v) is 4.27. The average molecular weight is 294 g/mol. The minimum absolute atomic E-state index is 0.0400. The molecule has 114 valence electrons. The summed E-state index contributed by atoms with van der Waals surface area (Å²) in [7, 11) is 0. The van der Waals surface area contributed by atoms with Gasteiger partial charge >= 0.3 is 0 Å². The monoisotopic (exact) mass is 294 g/mol. The lowest BCUT2D eigenvalue weighted by Crippen LogP contribution is -2.44. The number of benzene rings is 2. The summed E-state index contributed by atoms with van der Waals surface area (Å²) in [6.07, 6.45) is 1.99. The van der Waals surface area contributed by atoms with E-state index < -0.39 is 0 Å². The van der Waals surface area contributed by atoms with Gasteiger partial charge < -0.3 is 10.2 Å². The number of nitrogens with one attached hydrogen (secondary N) is 1. The van der Waals surface area contributed by atoms with Crippen LogP contribution in [0.1, 0.15) is 28.8 Å². The number of anilines is 1. The molecule has 0 aromatic heterocycles. The van der Waals surface area contributed by atoms with Gasteiger partial charge in [0.25, 0.3) is 5.91 Å². The van der Waals surface area contributed by atoms with Crippen LogP contribution in [-0.4, -0.2) is 25.0 Å². The summed E-state index contributed by atoms with van der Waals surface area (Å²) >= 11 is 0. The van der Waals surface area contributed by atoms with Crippen molar-refractivity contribution in [3.8, 4) is 0 Å². The van der Waals surface area contributed by atoms with Gasteiger partial charge in [0.15, 0.2) is 0 Å². The molecule has 1 fully saturated rings. The summed E-state index contributed by atoms with van der Waals surface area (Å²) in [5, 5.41) is 3.16. The molecule has 0 saturated carbocycles. The third kappa shape index (κ3) is 3.48. The lowest BCUT2D eigenvalue weighted by molar-refractivity contribution is 0.0931. The second-order valence-corrected chi connectivity index (χ2v) is 5.94. The number of hydrogen-bond acceptors (Lipinski definition) is 2. The SMILES string of the molecule is Cc1ccc(C(=O)NC2CCN(c3ccccc3)CC2)cc1. The van der Waals surface area contributed by atoms with E-state index in [1.54, 1.807) is 0 Å². The number of piperidine rings is 1. The van der Waals surface area contributed by atoms with Crippen LogP contribution in [-0.2, 0) is 0 Å². The highest BCUT2D eigenvalue weighted by Gasteiger charge is 2.21. The average Bonchev–Trinajstić information content (AvgIpc) is 2.57. The maximum Gasteiger partial charge on any atom is 0.251 e. The highest BCUT2D eigenvalue weighted by molar-refractivity contribution is 5.94. The minimum Gasteiger partial charge on any atom is -0.371 e. The van der Waals surface area contributed by atoms with E-state index in [1.165, 1.54) is 11.3 Å². The number of carbonyl (C=O) groups excluding carboxylic acids is 1. The molecule has 22 heavy (non-hydrogen) atoms. The van der Waals surface area contributed by atoms with Gasteiger partial charge in [-0.15, -0.1) is 0 Å². The molecule has 0 aliphatic carbocycles. The normalized spacial score (nSPS) is 15.6. The first kappa shape index (κ1) is 14.6. The molecule has 0 radical (unpaired) electrons. The Morgan fingerprint density at radius 2 is 1.64 bits per heavy atom. The second-order valence-electron chi connectivity index (χ2n) is 5.94. The van der Waals surface area contributed by atoms with Crippen molar-refractivity contribution in [2.75, 3.05) is 18.0 Å². The van der Waals surface area contributed by atoms with E-state index >= 15 is 0 Å². The lowest BCUT2D eigenvalue weighted by atomic mass is 10.0. The first-order chi connectivity index (χ1) is 10.7. The number of nitrogens with zero attached hydrogens (tertiary/aromatic N) is 1. The second kappa shape index (κ2) is 6.65. The Hall–Kier alpha value is -2.29. The Morgan fingerprint density at radius 1 is 1.00 bits per heavy atom. The lowest BCUT2D eigenvalue weighted by Gasteiger charge is -2.34. The maximum absolute atomic E-state index is 12.3. The molecular formula is C19H22N2O. The molecule has 2 aromatic carbocycles. The van der Waals surface area contributed by atoms with Crippen LogP contribution in [0.3, 0.4) is 0 Å². The Bertz CT molecular complexity index is 614. The number of amides is 1. The van der Waals surface area contributed by atoms with Gasteiger partial charge in [0.05, 0.1) is 0 Å². The molecule has 0 spiro atoms. The standard InChI is InChI=1S/C19H22N2O/c1-15-7-9-16(10-8-15)19(22)20-17-11-13-21(14-12-17)18-5-3-2-4-6-18/h2-10,17H,11-14H2,1H3,(H,20,22). The number of carbonyl (C=O) groups is 1. The fourth-order valence-corrected chi connectivity index (χ4v) is 2.89. The van der Waals surface area contributed by atoms with Crippen molar-refractivity contribution in [1.29, 1.82) is 0 Å². The molecule has 1 heterocycles. The van der Waals surface area contributed by atoms with Crippen LogP contribution < -0.4 is 10.2 Å². The quantitative estimate of drug-likeness (QED) is 0.941. The van der Waals surface area contributed by atoms with Crippen molar-refractivity contribution >= 4 is 11.6 Å². The zero-order valence-electron chi connectivity index (χ0n) is 13.0. The van der Waals surface area contributed by atoms with E-state index in [0.29, 0.717) is 0 Å². The number of para-hydroxylation sites is 1. The maximum atomic E-state index is 12.3. The number of hydrogen-bond donors (Lipinski definition) is 1. The molecule has 0 unspecified atom stereocenters. The van der Waals surface area contributed by atoms with Crippen LogP contribution in [0.25, 0.3) is 0 Å². The van der Waals surface area contributed by atoms with Crippen molar-refractivity contribution in [1.82, 2.24) is 5.32 Å². The van der Waals surface area contributed by atoms with Gasteiger partial charge in [-0.3, -0.25) is 4.79 Å². The molecule has 1 saturated heterocycles. The minimum atomic E-state index is 0.0400. The summed E-state index contributed by atoms with van der Waals surface area (Å²) in [5.41, 5.74) is 3.19. The number of rotatable bonds is 3. The van der Waals surface area contributed by atoms with Gasteiger partial charge in [-0.05, 0) is 44.0 Å². The molecule has 1 amide bonds. The van der Waals surface area contributed by atoms with E-state index in [9.17, 15) is 4.79 Å². The fourth-order valence-electron chi connectivity index (χ4n) is 2.89. The van der Waals surface area contributed by atoms with E-state index in [0.717, 1.165) is 31.5 Å². The highest BCUT2D eigenvalue weighted by Crippen LogP contribution is 2.19. The summed E-state index contributed by atoms with van der Waals surface area (Å²) in [6, 6.07) is 18.5. The van der Waals surface area contributed by atoms with Gasteiger partial charge in [0.2, 0.25) is 0 Å². The van der Waals surface area contributed by atoms with Crippen molar-refractivity contribution in [3.05, 3.63) is 65.7 Å². The van der Waals surface area contributed by atoms with Crippen LogP contribution in [0, 0.1) is 6.92 Å². The smallest absolute Gasteiger partial charge is 0.251 e. The predicted octanol–water partition coefficient (Wildman–Crippen LogP) is 3.39. The summed E-state index contributed by atoms with van der Waals surface area (Å²) in [4.78, 5) is 14.6. The molecule has 0 bridgehead atoms. The van der Waals surface area contributed by atoms with E-state index in [1.807, 2.05) is 37.3 Å². The zero-order valence-corrected chi connectivity index (χ0v) is 13.0. The fraction of sp³-hybridized carbons (Fsp3) is 0.316. The molecule has 1 aliphatic rings. The van der Waals surface area contributed by atoms with Crippen molar-refractivity contribution in [2.24, 2.45) is 0 Å². The van der Waals surface area contributed by atoms with Gasteiger partial charge in [0, 0.05) is 30.4 Å². The molecule has 3 rings (SSSR count). The largest absolute Gasteiger partial charge is 0.371 e. The Morgan fingerprint density at radius 3 is 2.27 bits per heavy atom. The van der Waals surface area contributed by atoms with Gasteiger partial charge in [-0.1, -0.05) is 35.9 Å². The molecule has 3 nitrogen and oxygen atoms in total. The van der Waals surface area contributed by atoms with Crippen LogP contribution in [0.5, 0.6) is 0 Å². The predicted molar refractivity (Wildman–Crippen MR) is 90.3 cm³/mol. The van der Waals surface area contributed by atoms with E-state index in [4.69, 9.17) is 0 Å². The molecule has 3 heteroatoms. The van der Waals surface area contributed by atoms with E-state index in [2.05, 4.69) is 34.5 Å². The number of aryl methyl sites for hydroxylation is 1. The first-order valence-electron chi connectivity index (χ1n) is 7.90. The molecule has 1 N–H and O–H groups in total. The van der Waals surface area contributed by atoms with E-state index in [-0.39, 0.29) is 11.9 Å². The highest BCUT2D eigenvalue weighted by atomic mass is 16.1. The first-order valence-corrected chi connectivity index (χ1v) is 7.90. The van der Waals surface area contributed by atoms with Crippen molar-refractivity contribution in [3.63, 3.8) is 0 Å². The molecule has 1 aliphatic heterocycles. The zero-order chi connectivity index (χ0) is 15.4. The van der Waals surface area contributed by atoms with Crippen LogP contribution in [0.2, 0.25) is 0 Å². The third-order valence-electron chi connectivity index (χ3n) is 4.27. The van der Waals surface area contributed by atoms with Gasteiger partial charge in [0.1, 0.15) is 0 Å². The van der Waals surface area contributed by atoms with Crippen LogP contribution >= 0.6 is 0 Å². The van der Waals surface area contributed by atoms with Crippen molar-refractivity contribution < 1.29 is 4.79 Å². The van der Waals surface area contributed by atoms with Gasteiger partial charge in [-0.2, -0.15) is 0 Å². The molecular weight excluding hydrogens is 272 g/mol. The topological polar surface area (TPSA) is 32.3 Å². The summed E-state index contributed by atoms with van der Waals surface area (Å²) < 4.78 is 0. The Balaban J connectivity index is 1.53. The van der Waals surface area contributed by atoms with Crippen molar-refractivity contribution in [2.45, 2.75) is 25.8 Å². The summed E-state index contributed by atoms with van der Waals surface area (Å²) in [5.74, 6) is 0.0400. The Labute approximate surface area is 132 Å². The van der Waals surface area contributed by atoms with Gasteiger partial charge in [-0.25, -0.2) is 0 Å².